The third-order valence-corrected chi connectivity index (χ3v) is 1.72. The Hall–Kier alpha value is 1.03. The maximum atomic E-state index is 10.4. The first-order valence-electron chi connectivity index (χ1n) is 2.72. The molecule has 0 rings (SSSR count). The second-order valence-electron chi connectivity index (χ2n) is 1.28. The van der Waals surface area contributed by atoms with Crippen LogP contribution in [-0.2, 0) is 13.6 Å². The summed E-state index contributed by atoms with van der Waals surface area (Å²) in [5.41, 5.74) is 0. The molecule has 0 amide bonds. The van der Waals surface area contributed by atoms with Crippen LogP contribution in [0.5, 0.6) is 0 Å². The van der Waals surface area contributed by atoms with Crippen molar-refractivity contribution in [3.63, 3.8) is 0 Å². The zero-order chi connectivity index (χ0) is 7.33. The summed E-state index contributed by atoms with van der Waals surface area (Å²) in [5.74, 6) is 0. The molecule has 6 heteroatoms. The van der Waals surface area contributed by atoms with Gasteiger partial charge < -0.3 is 13.9 Å². The second kappa shape index (κ2) is 6.72. The van der Waals surface area contributed by atoms with E-state index in [0.717, 1.165) is 0 Å². The minimum absolute atomic E-state index is 0. The molecule has 60 valence electrons. The average molecular weight is 361 g/mol. The van der Waals surface area contributed by atoms with Gasteiger partial charge in [-0.2, -0.15) is 0 Å². The molecule has 0 bridgehead atoms. The van der Waals surface area contributed by atoms with Crippen LogP contribution in [0.2, 0.25) is 0 Å². The topological polar surface area (TPSA) is 58.6 Å². The molecule has 0 N–H and O–H groups in total. The van der Waals surface area contributed by atoms with Crippen molar-refractivity contribution >= 4 is 35.1 Å². The predicted molar refractivity (Wildman–Crippen MR) is 38.0 cm³/mol. The minimum atomic E-state index is -3.94. The summed E-state index contributed by atoms with van der Waals surface area (Å²) in [7, 11) is -3.94. The van der Waals surface area contributed by atoms with Crippen LogP contribution in [0.15, 0.2) is 0 Å². The zero-order valence-corrected chi connectivity index (χ0v) is 11.5. The van der Waals surface area contributed by atoms with E-state index >= 15 is 0 Å². The molecule has 0 fully saturated rings. The summed E-state index contributed by atoms with van der Waals surface area (Å²) in [4.78, 5) is 10.4. The van der Waals surface area contributed by atoms with Gasteiger partial charge in [0, 0.05) is 0 Å². The van der Waals surface area contributed by atoms with Gasteiger partial charge in [0.05, 0.1) is 13.2 Å². The Morgan fingerprint density at radius 1 is 1.30 bits per heavy atom. The Morgan fingerprint density at radius 3 is 1.80 bits per heavy atom. The molecule has 0 aromatic rings. The van der Waals surface area contributed by atoms with Crippen molar-refractivity contribution in [3.05, 3.63) is 0 Å². The Labute approximate surface area is 80.7 Å². The number of phosphoric ester groups is 1. The number of hydrogen-bond acceptors (Lipinski definition) is 4. The monoisotopic (exact) mass is 362 g/mol. The van der Waals surface area contributed by atoms with Gasteiger partial charge in [-0.25, -0.2) is 0 Å². The summed E-state index contributed by atoms with van der Waals surface area (Å²) in [6.45, 7) is 3.43. The molecule has 0 saturated heterocycles. The van der Waals surface area contributed by atoms with E-state index in [1.165, 1.54) is 0 Å². The van der Waals surface area contributed by atoms with Crippen molar-refractivity contribution in [2.24, 2.45) is 0 Å². The average Bonchev–Trinajstić information content (AvgIpc) is 1.64. The van der Waals surface area contributed by atoms with Gasteiger partial charge in [-0.15, -0.1) is 0 Å². The number of hydrogen-bond donors (Lipinski definition) is 0. The molecule has 0 unspecified atom stereocenters. The molecule has 2 radical (unpaired) electrons. The van der Waals surface area contributed by atoms with Crippen LogP contribution < -0.4 is 4.89 Å². The van der Waals surface area contributed by atoms with E-state index in [1.807, 2.05) is 0 Å². The third kappa shape index (κ3) is 7.14. The Balaban J connectivity index is 0. The molecular formula is C4H11O4PPb. The summed E-state index contributed by atoms with van der Waals surface area (Å²) in [6, 6.07) is 0. The number of rotatable bonds is 4. The van der Waals surface area contributed by atoms with Crippen LogP contribution in [0.25, 0.3) is 0 Å². The van der Waals surface area contributed by atoms with Crippen LogP contribution in [-0.4, -0.2) is 40.5 Å². The van der Waals surface area contributed by atoms with Crippen LogP contribution in [0.4, 0.5) is 0 Å². The first kappa shape index (κ1) is 13.6. The molecule has 0 aliphatic heterocycles. The van der Waals surface area contributed by atoms with Crippen molar-refractivity contribution < 1.29 is 18.5 Å². The van der Waals surface area contributed by atoms with Crippen molar-refractivity contribution in [2.45, 2.75) is 13.8 Å². The second-order valence-corrected chi connectivity index (χ2v) is 2.69. The van der Waals surface area contributed by atoms with E-state index in [2.05, 4.69) is 9.05 Å². The van der Waals surface area contributed by atoms with Crippen LogP contribution >= 0.6 is 7.82 Å². The SMILES string of the molecule is CCOP(=O)([O-])OCC.[PbH+]. The fourth-order valence-electron chi connectivity index (χ4n) is 0.353. The predicted octanol–water partition coefficient (Wildman–Crippen LogP) is -0.121. The summed E-state index contributed by atoms with van der Waals surface area (Å²) < 4.78 is 18.9. The molecule has 0 saturated carbocycles. The van der Waals surface area contributed by atoms with Gasteiger partial charge in [0.15, 0.2) is 0 Å². The fraction of sp³-hybridized carbons (Fsp3) is 1.00. The first-order chi connectivity index (χ1) is 4.12. The molecular weight excluding hydrogens is 350 g/mol. The van der Waals surface area contributed by atoms with Crippen molar-refractivity contribution in [1.82, 2.24) is 0 Å². The van der Waals surface area contributed by atoms with Crippen molar-refractivity contribution in [2.75, 3.05) is 13.2 Å². The van der Waals surface area contributed by atoms with E-state index in [4.69, 9.17) is 0 Å². The van der Waals surface area contributed by atoms with Crippen LogP contribution in [0, 0.1) is 0 Å². The molecule has 0 aromatic heterocycles. The first-order valence-corrected chi connectivity index (χ1v) is 4.18. The van der Waals surface area contributed by atoms with Crippen LogP contribution in [0.1, 0.15) is 13.8 Å². The van der Waals surface area contributed by atoms with E-state index in [1.54, 1.807) is 13.8 Å². The van der Waals surface area contributed by atoms with E-state index in [9.17, 15) is 9.46 Å². The molecule has 0 heterocycles. The summed E-state index contributed by atoms with van der Waals surface area (Å²) in [6.07, 6.45) is 0. The molecule has 0 aliphatic rings. The Morgan fingerprint density at radius 2 is 1.60 bits per heavy atom. The molecule has 0 atom stereocenters. The molecule has 0 spiro atoms. The molecule has 0 aliphatic carbocycles. The summed E-state index contributed by atoms with van der Waals surface area (Å²) in [5, 5.41) is 0. The van der Waals surface area contributed by atoms with Gasteiger partial charge in [0.1, 0.15) is 0 Å². The van der Waals surface area contributed by atoms with Gasteiger partial charge in [-0.3, -0.25) is 4.57 Å². The fourth-order valence-corrected chi connectivity index (χ4v) is 1.06. The van der Waals surface area contributed by atoms with Gasteiger partial charge >= 0.3 is 27.3 Å². The zero-order valence-electron chi connectivity index (χ0n) is 6.07. The van der Waals surface area contributed by atoms with E-state index in [-0.39, 0.29) is 40.5 Å². The van der Waals surface area contributed by atoms with Crippen LogP contribution in [0.3, 0.4) is 0 Å². The third-order valence-electron chi connectivity index (χ3n) is 0.574. The molecule has 10 heavy (non-hydrogen) atoms. The van der Waals surface area contributed by atoms with Gasteiger partial charge in [-0.1, -0.05) is 0 Å². The summed E-state index contributed by atoms with van der Waals surface area (Å²) >= 11 is 0. The maximum absolute atomic E-state index is 10.4. The van der Waals surface area contributed by atoms with E-state index in [0.29, 0.717) is 0 Å². The molecule has 4 nitrogen and oxygen atoms in total. The molecule has 0 aromatic carbocycles. The van der Waals surface area contributed by atoms with Crippen molar-refractivity contribution in [3.8, 4) is 0 Å². The van der Waals surface area contributed by atoms with E-state index < -0.39 is 7.82 Å². The van der Waals surface area contributed by atoms with Crippen molar-refractivity contribution in [1.29, 1.82) is 0 Å². The van der Waals surface area contributed by atoms with Gasteiger partial charge in [-0.05, 0) is 13.8 Å². The normalized spacial score (nSPS) is 10.7. The Bertz CT molecular complexity index is 108. The quantitative estimate of drug-likeness (QED) is 0.518. The Kier molecular flexibility index (Phi) is 9.15. The van der Waals surface area contributed by atoms with Gasteiger partial charge in [0.25, 0.3) is 7.82 Å². The number of phosphoric acid groups is 1. The standard InChI is InChI=1S/C4H11O4P.Pb.H/c1-3-7-9(5,6)8-4-2;;/h3-4H2,1-2H3,(H,5,6);;/q;+1;/p-1. The van der Waals surface area contributed by atoms with Gasteiger partial charge in [0.2, 0.25) is 0 Å².